The van der Waals surface area contributed by atoms with Crippen molar-refractivity contribution in [3.8, 4) is 0 Å². The van der Waals surface area contributed by atoms with Gasteiger partial charge in [-0.3, -0.25) is 14.5 Å². The first-order valence-corrected chi connectivity index (χ1v) is 9.03. The number of amides is 2. The number of nitrogens with zero attached hydrogens (tertiary/aromatic N) is 1. The Morgan fingerprint density at radius 1 is 1.32 bits per heavy atom. The average molecular weight is 320 g/mol. The molecule has 1 atom stereocenters. The first-order chi connectivity index (χ1) is 10.6. The molecule has 1 aromatic carbocycles. The molecular formula is C17H24N2O2S. The van der Waals surface area contributed by atoms with Crippen LogP contribution in [0.2, 0.25) is 0 Å². The summed E-state index contributed by atoms with van der Waals surface area (Å²) < 4.78 is 0. The molecule has 0 bridgehead atoms. The SMILES string of the molecule is CCCSCCCNC(=O)[C@@H]1Cc2ccccc2N1C(C)=O. The van der Waals surface area contributed by atoms with Gasteiger partial charge in [0.1, 0.15) is 6.04 Å². The van der Waals surface area contributed by atoms with Crippen LogP contribution in [0.15, 0.2) is 24.3 Å². The van der Waals surface area contributed by atoms with Crippen molar-refractivity contribution in [2.75, 3.05) is 23.0 Å². The van der Waals surface area contributed by atoms with Crippen molar-refractivity contribution in [3.63, 3.8) is 0 Å². The van der Waals surface area contributed by atoms with Gasteiger partial charge in [-0.15, -0.1) is 0 Å². The number of carbonyl (C=O) groups is 2. The quantitative estimate of drug-likeness (QED) is 0.786. The van der Waals surface area contributed by atoms with E-state index in [4.69, 9.17) is 0 Å². The number of thioether (sulfide) groups is 1. The van der Waals surface area contributed by atoms with Crippen molar-refractivity contribution in [3.05, 3.63) is 29.8 Å². The number of benzene rings is 1. The third-order valence-electron chi connectivity index (χ3n) is 3.73. The molecule has 0 radical (unpaired) electrons. The van der Waals surface area contributed by atoms with Gasteiger partial charge < -0.3 is 5.32 Å². The molecule has 1 N–H and O–H groups in total. The lowest BCUT2D eigenvalue weighted by molar-refractivity contribution is -0.125. The molecule has 4 nitrogen and oxygen atoms in total. The van der Waals surface area contributed by atoms with Crippen molar-refractivity contribution in [2.24, 2.45) is 0 Å². The monoisotopic (exact) mass is 320 g/mol. The maximum atomic E-state index is 12.4. The second-order valence-corrected chi connectivity index (χ2v) is 6.72. The fourth-order valence-corrected chi connectivity index (χ4v) is 3.58. The van der Waals surface area contributed by atoms with Crippen molar-refractivity contribution in [2.45, 2.75) is 39.2 Å². The third kappa shape index (κ3) is 4.03. The number of nitrogens with one attached hydrogen (secondary N) is 1. The maximum Gasteiger partial charge on any atom is 0.243 e. The Labute approximate surface area is 136 Å². The van der Waals surface area contributed by atoms with Crippen molar-refractivity contribution in [1.29, 1.82) is 0 Å². The van der Waals surface area contributed by atoms with Crippen LogP contribution in [0, 0.1) is 0 Å². The van der Waals surface area contributed by atoms with E-state index in [1.807, 2.05) is 36.0 Å². The van der Waals surface area contributed by atoms with Crippen LogP contribution in [0.3, 0.4) is 0 Å². The van der Waals surface area contributed by atoms with Gasteiger partial charge in [0, 0.05) is 25.6 Å². The second-order valence-electron chi connectivity index (χ2n) is 5.49. The summed E-state index contributed by atoms with van der Waals surface area (Å²) in [6.07, 6.45) is 2.76. The van der Waals surface area contributed by atoms with E-state index in [-0.39, 0.29) is 11.8 Å². The fraction of sp³-hybridized carbons (Fsp3) is 0.529. The minimum atomic E-state index is -0.404. The van der Waals surface area contributed by atoms with Crippen LogP contribution in [0.4, 0.5) is 5.69 Å². The smallest absolute Gasteiger partial charge is 0.243 e. The Morgan fingerprint density at radius 3 is 2.82 bits per heavy atom. The van der Waals surface area contributed by atoms with Gasteiger partial charge in [0.25, 0.3) is 0 Å². The highest BCUT2D eigenvalue weighted by Crippen LogP contribution is 2.32. The molecule has 0 aromatic heterocycles. The van der Waals surface area contributed by atoms with Gasteiger partial charge in [0.05, 0.1) is 0 Å². The highest BCUT2D eigenvalue weighted by molar-refractivity contribution is 7.99. The first kappa shape index (κ1) is 16.9. The third-order valence-corrected chi connectivity index (χ3v) is 5.01. The number of carbonyl (C=O) groups excluding carboxylic acids is 2. The molecule has 1 aliphatic rings. The Balaban J connectivity index is 1.89. The summed E-state index contributed by atoms with van der Waals surface area (Å²) in [7, 11) is 0. The summed E-state index contributed by atoms with van der Waals surface area (Å²) in [5, 5.41) is 2.98. The molecule has 2 amide bonds. The zero-order chi connectivity index (χ0) is 15.9. The van der Waals surface area contributed by atoms with E-state index in [0.29, 0.717) is 13.0 Å². The predicted molar refractivity (Wildman–Crippen MR) is 92.3 cm³/mol. The lowest BCUT2D eigenvalue weighted by atomic mass is 10.1. The van der Waals surface area contributed by atoms with Crippen LogP contribution in [0.1, 0.15) is 32.3 Å². The summed E-state index contributed by atoms with van der Waals surface area (Å²) >= 11 is 1.92. The zero-order valence-corrected chi connectivity index (χ0v) is 14.1. The van der Waals surface area contributed by atoms with Crippen LogP contribution < -0.4 is 10.2 Å². The summed E-state index contributed by atoms with van der Waals surface area (Å²) in [5.41, 5.74) is 1.94. The van der Waals surface area contributed by atoms with Crippen LogP contribution in [0.5, 0.6) is 0 Å². The molecule has 1 heterocycles. The minimum Gasteiger partial charge on any atom is -0.354 e. The zero-order valence-electron chi connectivity index (χ0n) is 13.3. The molecule has 5 heteroatoms. The molecule has 120 valence electrons. The van der Waals surface area contributed by atoms with Crippen molar-refractivity contribution < 1.29 is 9.59 Å². The molecule has 0 fully saturated rings. The molecule has 1 aromatic rings. The highest BCUT2D eigenvalue weighted by Gasteiger charge is 2.36. The normalized spacial score (nSPS) is 16.5. The molecule has 0 saturated carbocycles. The molecular weight excluding hydrogens is 296 g/mol. The molecule has 2 rings (SSSR count). The van der Waals surface area contributed by atoms with Crippen LogP contribution in [-0.2, 0) is 16.0 Å². The van der Waals surface area contributed by atoms with Crippen molar-refractivity contribution in [1.82, 2.24) is 5.32 Å². The Kier molecular flexibility index (Phi) is 6.31. The lowest BCUT2D eigenvalue weighted by Crippen LogP contribution is -2.47. The highest BCUT2D eigenvalue weighted by atomic mass is 32.2. The van der Waals surface area contributed by atoms with Gasteiger partial charge in [-0.25, -0.2) is 0 Å². The number of hydrogen-bond acceptors (Lipinski definition) is 3. The van der Waals surface area contributed by atoms with E-state index in [0.717, 1.165) is 23.4 Å². The van der Waals surface area contributed by atoms with Crippen molar-refractivity contribution >= 4 is 29.3 Å². The van der Waals surface area contributed by atoms with Crippen LogP contribution in [-0.4, -0.2) is 35.9 Å². The molecule has 0 unspecified atom stereocenters. The first-order valence-electron chi connectivity index (χ1n) is 7.88. The topological polar surface area (TPSA) is 49.4 Å². The van der Waals surface area contributed by atoms with Gasteiger partial charge in [-0.05, 0) is 36.0 Å². The van der Waals surface area contributed by atoms with Gasteiger partial charge in [-0.2, -0.15) is 11.8 Å². The lowest BCUT2D eigenvalue weighted by Gasteiger charge is -2.23. The number of para-hydroxylation sites is 1. The van der Waals surface area contributed by atoms with E-state index in [1.165, 1.54) is 19.1 Å². The summed E-state index contributed by atoms with van der Waals surface area (Å²) in [6.45, 7) is 4.36. The number of fused-ring (bicyclic) bond motifs is 1. The Hall–Kier alpha value is -1.49. The number of anilines is 1. The van der Waals surface area contributed by atoms with E-state index < -0.39 is 6.04 Å². The van der Waals surface area contributed by atoms with E-state index >= 15 is 0 Å². The number of rotatable bonds is 7. The van der Waals surface area contributed by atoms with Gasteiger partial charge >= 0.3 is 0 Å². The summed E-state index contributed by atoms with van der Waals surface area (Å²) in [5.74, 6) is 2.11. The van der Waals surface area contributed by atoms with Gasteiger partial charge in [0.2, 0.25) is 11.8 Å². The summed E-state index contributed by atoms with van der Waals surface area (Å²) in [6, 6.07) is 7.34. The standard InChI is InChI=1S/C17H24N2O2S/c1-3-10-22-11-6-9-18-17(21)16-12-14-7-4-5-8-15(14)19(16)13(2)20/h4-5,7-8,16H,3,6,9-12H2,1-2H3,(H,18,21)/t16-/m0/s1. The van der Waals surface area contributed by atoms with E-state index in [9.17, 15) is 9.59 Å². The second kappa shape index (κ2) is 8.22. The van der Waals surface area contributed by atoms with Crippen LogP contribution >= 0.6 is 11.8 Å². The minimum absolute atomic E-state index is 0.0492. The maximum absolute atomic E-state index is 12.4. The fourth-order valence-electron chi connectivity index (χ4n) is 2.74. The predicted octanol–water partition coefficient (Wildman–Crippen LogP) is 2.61. The molecule has 1 aliphatic heterocycles. The Bertz CT molecular complexity index is 533. The van der Waals surface area contributed by atoms with E-state index in [2.05, 4.69) is 12.2 Å². The summed E-state index contributed by atoms with van der Waals surface area (Å²) in [4.78, 5) is 25.9. The molecule has 0 aliphatic carbocycles. The van der Waals surface area contributed by atoms with Gasteiger partial charge in [0.15, 0.2) is 0 Å². The van der Waals surface area contributed by atoms with E-state index in [1.54, 1.807) is 4.90 Å². The molecule has 0 saturated heterocycles. The molecule has 0 spiro atoms. The largest absolute Gasteiger partial charge is 0.354 e. The Morgan fingerprint density at radius 2 is 2.09 bits per heavy atom. The average Bonchev–Trinajstić information content (AvgIpc) is 2.90. The van der Waals surface area contributed by atoms with Gasteiger partial charge in [-0.1, -0.05) is 25.1 Å². The van der Waals surface area contributed by atoms with Crippen LogP contribution in [0.25, 0.3) is 0 Å². The number of hydrogen-bond donors (Lipinski definition) is 1. The molecule has 22 heavy (non-hydrogen) atoms.